The molecule has 0 radical (unpaired) electrons. The van der Waals surface area contributed by atoms with E-state index in [1.807, 2.05) is 4.90 Å². The van der Waals surface area contributed by atoms with Gasteiger partial charge in [-0.1, -0.05) is 29.3 Å². The zero-order chi connectivity index (χ0) is 13.1. The Morgan fingerprint density at radius 1 is 1.42 bits per heavy atom. The number of piperazine rings is 1. The fraction of sp³-hybridized carbons (Fsp3) is 0.462. The molecule has 0 bridgehead atoms. The summed E-state index contributed by atoms with van der Waals surface area (Å²) >= 11 is 12.1. The molecule has 1 aliphatic heterocycles. The van der Waals surface area contributed by atoms with Crippen molar-refractivity contribution in [1.29, 1.82) is 0 Å². The van der Waals surface area contributed by atoms with E-state index in [0.717, 1.165) is 25.2 Å². The van der Waals surface area contributed by atoms with E-state index < -0.39 is 0 Å². The van der Waals surface area contributed by atoms with Crippen molar-refractivity contribution in [3.05, 3.63) is 33.8 Å². The van der Waals surface area contributed by atoms with Crippen LogP contribution in [0.4, 0.5) is 0 Å². The van der Waals surface area contributed by atoms with Crippen LogP contribution in [0.1, 0.15) is 12.5 Å². The van der Waals surface area contributed by atoms with Gasteiger partial charge in [-0.3, -0.25) is 4.79 Å². The molecule has 106 valence electrons. The summed E-state index contributed by atoms with van der Waals surface area (Å²) in [4.78, 5) is 14.1. The summed E-state index contributed by atoms with van der Waals surface area (Å²) in [7, 11) is 0. The molecular weight excluding hydrogens is 307 g/mol. The molecule has 1 aromatic rings. The lowest BCUT2D eigenvalue weighted by molar-refractivity contribution is -0.131. The molecule has 1 fully saturated rings. The van der Waals surface area contributed by atoms with Gasteiger partial charge in [0, 0.05) is 35.7 Å². The maximum Gasteiger partial charge on any atom is 0.227 e. The lowest BCUT2D eigenvalue weighted by atomic mass is 10.1. The number of nitrogens with one attached hydrogen (secondary N) is 1. The molecule has 2 rings (SSSR count). The van der Waals surface area contributed by atoms with Crippen LogP contribution in [-0.2, 0) is 11.2 Å². The third-order valence-corrected chi connectivity index (χ3v) is 3.82. The van der Waals surface area contributed by atoms with Gasteiger partial charge in [0.05, 0.1) is 6.42 Å². The number of hydrogen-bond donors (Lipinski definition) is 1. The van der Waals surface area contributed by atoms with Crippen LogP contribution in [0.25, 0.3) is 0 Å². The van der Waals surface area contributed by atoms with Crippen LogP contribution in [0.15, 0.2) is 18.2 Å². The molecular formula is C13H17Cl3N2O. The Bertz CT molecular complexity index is 433. The topological polar surface area (TPSA) is 32.3 Å². The Morgan fingerprint density at radius 3 is 2.63 bits per heavy atom. The largest absolute Gasteiger partial charge is 0.340 e. The third-order valence-electron chi connectivity index (χ3n) is 3.11. The van der Waals surface area contributed by atoms with Crippen molar-refractivity contribution in [2.24, 2.45) is 0 Å². The minimum absolute atomic E-state index is 0. The normalized spacial score (nSPS) is 18.9. The number of rotatable bonds is 2. The van der Waals surface area contributed by atoms with E-state index in [4.69, 9.17) is 23.2 Å². The van der Waals surface area contributed by atoms with Gasteiger partial charge in [-0.2, -0.15) is 0 Å². The average molecular weight is 324 g/mol. The molecule has 1 amide bonds. The Labute approximate surface area is 129 Å². The van der Waals surface area contributed by atoms with E-state index >= 15 is 0 Å². The first-order valence-corrected chi connectivity index (χ1v) is 6.77. The van der Waals surface area contributed by atoms with Crippen LogP contribution in [0.2, 0.25) is 10.0 Å². The van der Waals surface area contributed by atoms with E-state index in [0.29, 0.717) is 16.1 Å². The average Bonchev–Trinajstić information content (AvgIpc) is 2.34. The van der Waals surface area contributed by atoms with Crippen LogP contribution in [-0.4, -0.2) is 36.5 Å². The fourth-order valence-electron chi connectivity index (χ4n) is 2.12. The van der Waals surface area contributed by atoms with Crippen molar-refractivity contribution in [3.8, 4) is 0 Å². The van der Waals surface area contributed by atoms with E-state index in [9.17, 15) is 4.79 Å². The maximum atomic E-state index is 12.2. The Hall–Kier alpha value is -0.480. The summed E-state index contributed by atoms with van der Waals surface area (Å²) in [6.07, 6.45) is 0.269. The van der Waals surface area contributed by atoms with Crippen molar-refractivity contribution in [2.45, 2.75) is 19.4 Å². The van der Waals surface area contributed by atoms with Gasteiger partial charge in [0.1, 0.15) is 0 Å². The van der Waals surface area contributed by atoms with Gasteiger partial charge in [0.25, 0.3) is 0 Å². The van der Waals surface area contributed by atoms with Gasteiger partial charge >= 0.3 is 0 Å². The first-order chi connectivity index (χ1) is 8.58. The number of amides is 1. The maximum absolute atomic E-state index is 12.2. The first-order valence-electron chi connectivity index (χ1n) is 6.02. The van der Waals surface area contributed by atoms with Crippen molar-refractivity contribution in [2.75, 3.05) is 19.6 Å². The van der Waals surface area contributed by atoms with E-state index in [-0.39, 0.29) is 24.7 Å². The molecule has 0 spiro atoms. The Kier molecular flexibility index (Phi) is 6.40. The van der Waals surface area contributed by atoms with Gasteiger partial charge in [0.15, 0.2) is 0 Å². The predicted molar refractivity (Wildman–Crippen MR) is 81.5 cm³/mol. The second kappa shape index (κ2) is 7.34. The molecule has 19 heavy (non-hydrogen) atoms. The molecule has 3 nitrogen and oxygen atoms in total. The fourth-order valence-corrected chi connectivity index (χ4v) is 2.65. The van der Waals surface area contributed by atoms with Crippen molar-refractivity contribution in [3.63, 3.8) is 0 Å². The van der Waals surface area contributed by atoms with Crippen LogP contribution in [0.3, 0.4) is 0 Å². The molecule has 1 atom stereocenters. The zero-order valence-corrected chi connectivity index (χ0v) is 13.0. The summed E-state index contributed by atoms with van der Waals surface area (Å²) in [6, 6.07) is 5.64. The van der Waals surface area contributed by atoms with Crippen LogP contribution < -0.4 is 5.32 Å². The lowest BCUT2D eigenvalue weighted by Crippen LogP contribution is -2.51. The molecule has 0 aromatic heterocycles. The van der Waals surface area contributed by atoms with Crippen LogP contribution >= 0.6 is 35.6 Å². The number of benzene rings is 1. The highest BCUT2D eigenvalue weighted by Crippen LogP contribution is 2.25. The minimum Gasteiger partial charge on any atom is -0.340 e. The van der Waals surface area contributed by atoms with Gasteiger partial charge < -0.3 is 10.2 Å². The van der Waals surface area contributed by atoms with E-state index in [1.54, 1.807) is 18.2 Å². The highest BCUT2D eigenvalue weighted by atomic mass is 35.5. The second-order valence-corrected chi connectivity index (χ2v) is 5.39. The Balaban J connectivity index is 0.00000180. The lowest BCUT2D eigenvalue weighted by Gasteiger charge is -2.32. The molecule has 1 N–H and O–H groups in total. The third kappa shape index (κ3) is 4.25. The smallest absolute Gasteiger partial charge is 0.227 e. The van der Waals surface area contributed by atoms with Crippen LogP contribution in [0.5, 0.6) is 0 Å². The molecule has 1 aromatic carbocycles. The molecule has 6 heteroatoms. The number of halogens is 3. The highest BCUT2D eigenvalue weighted by Gasteiger charge is 2.21. The van der Waals surface area contributed by atoms with Gasteiger partial charge in [-0.05, 0) is 24.6 Å². The van der Waals surface area contributed by atoms with Crippen molar-refractivity contribution >= 4 is 41.5 Å². The molecule has 1 unspecified atom stereocenters. The van der Waals surface area contributed by atoms with Gasteiger partial charge in [0.2, 0.25) is 5.91 Å². The standard InChI is InChI=1S/C13H16Cl2N2O.ClH/c1-9-8-17(6-5-16-9)13(18)7-10-11(14)3-2-4-12(10)15;/h2-4,9,16H,5-8H2,1H3;1H. The number of nitrogens with zero attached hydrogens (tertiary/aromatic N) is 1. The minimum atomic E-state index is 0. The van der Waals surface area contributed by atoms with Crippen LogP contribution in [0, 0.1) is 0 Å². The quantitative estimate of drug-likeness (QED) is 0.907. The number of hydrogen-bond acceptors (Lipinski definition) is 2. The molecule has 1 saturated heterocycles. The van der Waals surface area contributed by atoms with Gasteiger partial charge in [-0.15, -0.1) is 12.4 Å². The zero-order valence-electron chi connectivity index (χ0n) is 10.7. The summed E-state index contributed by atoms with van der Waals surface area (Å²) in [5.74, 6) is 0.0818. The van der Waals surface area contributed by atoms with Gasteiger partial charge in [-0.25, -0.2) is 0 Å². The Morgan fingerprint density at radius 2 is 2.05 bits per heavy atom. The number of carbonyl (C=O) groups excluding carboxylic acids is 1. The first kappa shape index (κ1) is 16.6. The monoisotopic (exact) mass is 322 g/mol. The van der Waals surface area contributed by atoms with E-state index in [2.05, 4.69) is 12.2 Å². The molecule has 1 aliphatic rings. The number of carbonyl (C=O) groups is 1. The second-order valence-electron chi connectivity index (χ2n) is 4.57. The molecule has 0 aliphatic carbocycles. The summed E-state index contributed by atoms with van der Waals surface area (Å²) in [6.45, 7) is 4.39. The summed E-state index contributed by atoms with van der Waals surface area (Å²) in [5, 5.41) is 4.42. The molecule has 1 heterocycles. The summed E-state index contributed by atoms with van der Waals surface area (Å²) in [5.41, 5.74) is 0.719. The SMILES string of the molecule is CC1CN(C(=O)Cc2c(Cl)cccc2Cl)CCN1.Cl. The highest BCUT2D eigenvalue weighted by molar-refractivity contribution is 6.36. The predicted octanol–water partition coefficient (Wildman–Crippen LogP) is 2.78. The molecule has 0 saturated carbocycles. The van der Waals surface area contributed by atoms with Crippen molar-refractivity contribution in [1.82, 2.24) is 10.2 Å². The summed E-state index contributed by atoms with van der Waals surface area (Å²) < 4.78 is 0. The van der Waals surface area contributed by atoms with Crippen molar-refractivity contribution < 1.29 is 4.79 Å². The van der Waals surface area contributed by atoms with E-state index in [1.165, 1.54) is 0 Å².